The first-order valence-corrected chi connectivity index (χ1v) is 7.89. The Kier molecular flexibility index (Phi) is 6.30. The summed E-state index contributed by atoms with van der Waals surface area (Å²) in [6.45, 7) is 9.13. The van der Waals surface area contributed by atoms with E-state index in [0.29, 0.717) is 12.1 Å². The van der Waals surface area contributed by atoms with Gasteiger partial charge in [-0.2, -0.15) is 0 Å². The average molecular weight is 297 g/mol. The molecule has 0 amide bonds. The summed E-state index contributed by atoms with van der Waals surface area (Å²) in [5, 5.41) is 4.41. The van der Waals surface area contributed by atoms with Crippen LogP contribution in [0.25, 0.3) is 0 Å². The molecule has 1 aromatic carbocycles. The molecule has 1 fully saturated rings. The maximum Gasteiger partial charge on any atom is 0.0619 e. The zero-order valence-corrected chi connectivity index (χ0v) is 13.2. The van der Waals surface area contributed by atoms with Crippen molar-refractivity contribution in [3.05, 3.63) is 34.9 Å². The summed E-state index contributed by atoms with van der Waals surface area (Å²) < 4.78 is 5.49. The quantitative estimate of drug-likeness (QED) is 0.873. The van der Waals surface area contributed by atoms with Crippen molar-refractivity contribution < 1.29 is 4.74 Å². The third-order valence-corrected chi connectivity index (χ3v) is 4.29. The van der Waals surface area contributed by atoms with E-state index in [2.05, 4.69) is 36.2 Å². The molecule has 2 rings (SSSR count). The fourth-order valence-corrected chi connectivity index (χ4v) is 3.03. The van der Waals surface area contributed by atoms with Crippen LogP contribution in [-0.4, -0.2) is 43.8 Å². The third-order valence-electron chi connectivity index (χ3n) is 3.94. The van der Waals surface area contributed by atoms with E-state index in [9.17, 15) is 0 Å². The lowest BCUT2D eigenvalue weighted by Gasteiger charge is -2.34. The predicted molar refractivity (Wildman–Crippen MR) is 84.3 cm³/mol. The SMILES string of the molecule is CCNC(CCN1CCOCC1C)c1ccccc1Cl. The first-order chi connectivity index (χ1) is 9.72. The monoisotopic (exact) mass is 296 g/mol. The van der Waals surface area contributed by atoms with Crippen molar-refractivity contribution >= 4 is 11.6 Å². The Morgan fingerprint density at radius 1 is 1.45 bits per heavy atom. The molecule has 112 valence electrons. The first-order valence-electron chi connectivity index (χ1n) is 7.52. The number of benzene rings is 1. The highest BCUT2D eigenvalue weighted by molar-refractivity contribution is 6.31. The minimum atomic E-state index is 0.323. The number of ether oxygens (including phenoxy) is 1. The molecule has 0 bridgehead atoms. The van der Waals surface area contributed by atoms with Crippen LogP contribution in [-0.2, 0) is 4.74 Å². The van der Waals surface area contributed by atoms with Crippen molar-refractivity contribution in [2.75, 3.05) is 32.8 Å². The summed E-state index contributed by atoms with van der Waals surface area (Å²) in [7, 11) is 0. The molecule has 1 aromatic rings. The van der Waals surface area contributed by atoms with Crippen LogP contribution in [0.2, 0.25) is 5.02 Å². The Balaban J connectivity index is 1.97. The van der Waals surface area contributed by atoms with Gasteiger partial charge in [-0.25, -0.2) is 0 Å². The van der Waals surface area contributed by atoms with Gasteiger partial charge >= 0.3 is 0 Å². The molecule has 4 heteroatoms. The summed E-state index contributed by atoms with van der Waals surface area (Å²) in [5.74, 6) is 0. The zero-order valence-electron chi connectivity index (χ0n) is 12.4. The van der Waals surface area contributed by atoms with Crippen molar-refractivity contribution in [3.63, 3.8) is 0 Å². The molecule has 20 heavy (non-hydrogen) atoms. The topological polar surface area (TPSA) is 24.5 Å². The molecule has 0 saturated carbocycles. The average Bonchev–Trinajstić information content (AvgIpc) is 2.46. The molecule has 1 aliphatic heterocycles. The smallest absolute Gasteiger partial charge is 0.0619 e. The highest BCUT2D eigenvalue weighted by Crippen LogP contribution is 2.25. The molecular formula is C16H25ClN2O. The van der Waals surface area contributed by atoms with Gasteiger partial charge < -0.3 is 10.1 Å². The van der Waals surface area contributed by atoms with Crippen LogP contribution in [0.3, 0.4) is 0 Å². The van der Waals surface area contributed by atoms with E-state index in [0.717, 1.165) is 44.3 Å². The highest BCUT2D eigenvalue weighted by atomic mass is 35.5. The molecule has 1 heterocycles. The number of hydrogen-bond donors (Lipinski definition) is 1. The number of morpholine rings is 1. The third kappa shape index (κ3) is 4.19. The lowest BCUT2D eigenvalue weighted by atomic mass is 10.0. The second-order valence-electron chi connectivity index (χ2n) is 5.38. The van der Waals surface area contributed by atoms with E-state index in [1.165, 1.54) is 5.56 Å². The predicted octanol–water partition coefficient (Wildman–Crippen LogP) is 3.10. The van der Waals surface area contributed by atoms with E-state index >= 15 is 0 Å². The summed E-state index contributed by atoms with van der Waals surface area (Å²) >= 11 is 6.33. The highest BCUT2D eigenvalue weighted by Gasteiger charge is 2.21. The van der Waals surface area contributed by atoms with E-state index in [4.69, 9.17) is 16.3 Å². The second-order valence-corrected chi connectivity index (χ2v) is 5.79. The minimum absolute atomic E-state index is 0.323. The maximum absolute atomic E-state index is 6.33. The molecule has 3 nitrogen and oxygen atoms in total. The van der Waals surface area contributed by atoms with Crippen LogP contribution in [0.4, 0.5) is 0 Å². The van der Waals surface area contributed by atoms with E-state index in [1.54, 1.807) is 0 Å². The number of hydrogen-bond acceptors (Lipinski definition) is 3. The largest absolute Gasteiger partial charge is 0.379 e. The normalized spacial score (nSPS) is 21.9. The van der Waals surface area contributed by atoms with E-state index < -0.39 is 0 Å². The van der Waals surface area contributed by atoms with Crippen molar-refractivity contribution in [3.8, 4) is 0 Å². The summed E-state index contributed by atoms with van der Waals surface area (Å²) in [6.07, 6.45) is 1.07. The van der Waals surface area contributed by atoms with Crippen LogP contribution in [0.15, 0.2) is 24.3 Å². The Morgan fingerprint density at radius 2 is 2.25 bits per heavy atom. The fourth-order valence-electron chi connectivity index (χ4n) is 2.76. The summed E-state index contributed by atoms with van der Waals surface area (Å²) in [4.78, 5) is 2.50. The van der Waals surface area contributed by atoms with Gasteiger partial charge in [-0.1, -0.05) is 36.7 Å². The number of nitrogens with zero attached hydrogens (tertiary/aromatic N) is 1. The van der Waals surface area contributed by atoms with Crippen molar-refractivity contribution in [2.24, 2.45) is 0 Å². The Morgan fingerprint density at radius 3 is 2.95 bits per heavy atom. The van der Waals surface area contributed by atoms with Crippen molar-refractivity contribution in [1.82, 2.24) is 10.2 Å². The first kappa shape index (κ1) is 15.8. The minimum Gasteiger partial charge on any atom is -0.379 e. The molecular weight excluding hydrogens is 272 g/mol. The fraction of sp³-hybridized carbons (Fsp3) is 0.625. The Labute approximate surface area is 127 Å². The van der Waals surface area contributed by atoms with E-state index in [-0.39, 0.29) is 0 Å². The molecule has 1 aliphatic rings. The van der Waals surface area contributed by atoms with E-state index in [1.807, 2.05) is 12.1 Å². The van der Waals surface area contributed by atoms with Gasteiger partial charge in [0.05, 0.1) is 13.2 Å². The lowest BCUT2D eigenvalue weighted by molar-refractivity contribution is -0.00180. The van der Waals surface area contributed by atoms with Crippen LogP contribution in [0.1, 0.15) is 31.9 Å². The molecule has 0 aliphatic carbocycles. The van der Waals surface area contributed by atoms with Gasteiger partial charge in [0.1, 0.15) is 0 Å². The van der Waals surface area contributed by atoms with Gasteiger partial charge in [0.15, 0.2) is 0 Å². The van der Waals surface area contributed by atoms with Crippen LogP contribution < -0.4 is 5.32 Å². The van der Waals surface area contributed by atoms with Gasteiger partial charge in [-0.05, 0) is 31.5 Å². The van der Waals surface area contributed by atoms with Crippen molar-refractivity contribution in [1.29, 1.82) is 0 Å². The lowest BCUT2D eigenvalue weighted by Crippen LogP contribution is -2.44. The molecule has 2 unspecified atom stereocenters. The summed E-state index contributed by atoms with van der Waals surface area (Å²) in [5.41, 5.74) is 1.21. The maximum atomic E-state index is 6.33. The Hall–Kier alpha value is -0.610. The van der Waals surface area contributed by atoms with Gasteiger partial charge in [0, 0.05) is 30.2 Å². The number of nitrogens with one attached hydrogen (secondary N) is 1. The molecule has 0 aromatic heterocycles. The van der Waals surface area contributed by atoms with Crippen LogP contribution >= 0.6 is 11.6 Å². The Bertz CT molecular complexity index is 413. The van der Waals surface area contributed by atoms with Gasteiger partial charge in [-0.3, -0.25) is 4.90 Å². The van der Waals surface area contributed by atoms with Gasteiger partial charge in [-0.15, -0.1) is 0 Å². The van der Waals surface area contributed by atoms with Crippen LogP contribution in [0, 0.1) is 0 Å². The molecule has 0 radical (unpaired) electrons. The second kappa shape index (κ2) is 7.99. The number of rotatable bonds is 6. The summed E-state index contributed by atoms with van der Waals surface area (Å²) in [6, 6.07) is 8.97. The number of halogens is 1. The van der Waals surface area contributed by atoms with Crippen molar-refractivity contribution in [2.45, 2.75) is 32.4 Å². The molecule has 0 spiro atoms. The zero-order chi connectivity index (χ0) is 14.4. The standard InChI is InChI=1S/C16H25ClN2O/c1-3-18-16(14-6-4-5-7-15(14)17)8-9-19-10-11-20-12-13(19)2/h4-7,13,16,18H,3,8-12H2,1-2H3. The van der Waals surface area contributed by atoms with Gasteiger partial charge in [0.25, 0.3) is 0 Å². The van der Waals surface area contributed by atoms with Crippen LogP contribution in [0.5, 0.6) is 0 Å². The molecule has 1 saturated heterocycles. The molecule has 2 atom stereocenters. The van der Waals surface area contributed by atoms with Gasteiger partial charge in [0.2, 0.25) is 0 Å². The molecule has 1 N–H and O–H groups in total.